The Kier molecular flexibility index (Phi) is 3.62. The summed E-state index contributed by atoms with van der Waals surface area (Å²) in [5.41, 5.74) is 1.28. The molecular weight excluding hydrogens is 188 g/mol. The zero-order valence-corrected chi connectivity index (χ0v) is 9.24. The van der Waals surface area contributed by atoms with Gasteiger partial charge in [0, 0.05) is 6.61 Å². The van der Waals surface area contributed by atoms with Crippen LogP contribution in [0.4, 0.5) is 0 Å². The summed E-state index contributed by atoms with van der Waals surface area (Å²) in [4.78, 5) is 0. The van der Waals surface area contributed by atoms with Crippen molar-refractivity contribution >= 4 is 0 Å². The van der Waals surface area contributed by atoms with Gasteiger partial charge in [-0.05, 0) is 30.9 Å². The fraction of sp³-hybridized carbons (Fsp3) is 0.538. The van der Waals surface area contributed by atoms with Crippen LogP contribution in [-0.4, -0.2) is 19.3 Å². The van der Waals surface area contributed by atoms with Gasteiger partial charge in [0.05, 0.1) is 6.61 Å². The highest BCUT2D eigenvalue weighted by atomic mass is 16.5. The number of para-hydroxylation sites is 1. The molecule has 1 unspecified atom stereocenters. The van der Waals surface area contributed by atoms with Gasteiger partial charge in [0.2, 0.25) is 0 Å². The summed E-state index contributed by atoms with van der Waals surface area (Å²) in [7, 11) is 0. The van der Waals surface area contributed by atoms with E-state index < -0.39 is 0 Å². The van der Waals surface area contributed by atoms with Crippen molar-refractivity contribution < 1.29 is 9.47 Å². The molecule has 15 heavy (non-hydrogen) atoms. The summed E-state index contributed by atoms with van der Waals surface area (Å²) in [6.07, 6.45) is 3.48. The minimum absolute atomic E-state index is 0.242. The fourth-order valence-corrected chi connectivity index (χ4v) is 1.89. The molecule has 2 nitrogen and oxygen atoms in total. The van der Waals surface area contributed by atoms with Crippen LogP contribution in [0.25, 0.3) is 0 Å². The Labute approximate surface area is 91.2 Å². The summed E-state index contributed by atoms with van der Waals surface area (Å²) >= 11 is 0. The topological polar surface area (TPSA) is 18.5 Å². The van der Waals surface area contributed by atoms with Crippen LogP contribution >= 0.6 is 0 Å². The maximum Gasteiger partial charge on any atom is 0.123 e. The lowest BCUT2D eigenvalue weighted by Crippen LogP contribution is -2.28. The number of benzene rings is 1. The zero-order chi connectivity index (χ0) is 10.5. The summed E-state index contributed by atoms with van der Waals surface area (Å²) in [5, 5.41) is 0. The first kappa shape index (κ1) is 10.5. The van der Waals surface area contributed by atoms with E-state index in [9.17, 15) is 0 Å². The minimum atomic E-state index is 0.242. The highest BCUT2D eigenvalue weighted by molar-refractivity contribution is 5.33. The van der Waals surface area contributed by atoms with Crippen LogP contribution in [0, 0.1) is 0 Å². The number of hydrogen-bond acceptors (Lipinski definition) is 2. The number of rotatable bonds is 3. The standard InChI is InChI=1S/C13H18O2/c1-2-11-6-3-4-8-13(11)15-12-7-5-9-14-10-12/h3-4,6,8,12H,2,5,7,9-10H2,1H3. The highest BCUT2D eigenvalue weighted by Gasteiger charge is 2.16. The Balaban J connectivity index is 2.02. The van der Waals surface area contributed by atoms with Gasteiger partial charge in [0.25, 0.3) is 0 Å². The van der Waals surface area contributed by atoms with E-state index in [0.717, 1.165) is 38.2 Å². The molecule has 1 aliphatic rings. The van der Waals surface area contributed by atoms with Gasteiger partial charge in [-0.1, -0.05) is 25.1 Å². The van der Waals surface area contributed by atoms with Crippen molar-refractivity contribution in [2.24, 2.45) is 0 Å². The van der Waals surface area contributed by atoms with Crippen molar-refractivity contribution in [3.63, 3.8) is 0 Å². The predicted octanol–water partition coefficient (Wildman–Crippen LogP) is 2.81. The van der Waals surface area contributed by atoms with Gasteiger partial charge in [-0.25, -0.2) is 0 Å². The predicted molar refractivity (Wildman–Crippen MR) is 60.3 cm³/mol. The van der Waals surface area contributed by atoms with E-state index in [1.807, 2.05) is 12.1 Å². The number of aryl methyl sites for hydroxylation is 1. The fourth-order valence-electron chi connectivity index (χ4n) is 1.89. The van der Waals surface area contributed by atoms with E-state index in [4.69, 9.17) is 9.47 Å². The molecule has 0 bridgehead atoms. The molecule has 1 aliphatic heterocycles. The third kappa shape index (κ3) is 2.72. The Morgan fingerprint density at radius 2 is 2.27 bits per heavy atom. The number of ether oxygens (including phenoxy) is 2. The Morgan fingerprint density at radius 3 is 3.00 bits per heavy atom. The molecule has 1 aromatic carbocycles. The first-order valence-corrected chi connectivity index (χ1v) is 5.72. The van der Waals surface area contributed by atoms with Gasteiger partial charge in [-0.15, -0.1) is 0 Å². The molecule has 1 heterocycles. The van der Waals surface area contributed by atoms with Gasteiger partial charge < -0.3 is 9.47 Å². The smallest absolute Gasteiger partial charge is 0.123 e. The van der Waals surface area contributed by atoms with Crippen molar-refractivity contribution in [1.29, 1.82) is 0 Å². The first-order chi connectivity index (χ1) is 7.40. The molecule has 0 spiro atoms. The van der Waals surface area contributed by atoms with Crippen LogP contribution in [0.15, 0.2) is 24.3 Å². The Bertz CT molecular complexity index is 303. The molecule has 1 saturated heterocycles. The zero-order valence-electron chi connectivity index (χ0n) is 9.24. The van der Waals surface area contributed by atoms with Crippen LogP contribution in [0.3, 0.4) is 0 Å². The van der Waals surface area contributed by atoms with Crippen molar-refractivity contribution in [2.75, 3.05) is 13.2 Å². The molecule has 0 aromatic heterocycles. The molecule has 1 fully saturated rings. The molecule has 0 N–H and O–H groups in total. The lowest BCUT2D eigenvalue weighted by atomic mass is 10.1. The summed E-state index contributed by atoms with van der Waals surface area (Å²) in [5.74, 6) is 1.02. The van der Waals surface area contributed by atoms with Crippen molar-refractivity contribution in [1.82, 2.24) is 0 Å². The van der Waals surface area contributed by atoms with Gasteiger partial charge in [0.15, 0.2) is 0 Å². The number of hydrogen-bond donors (Lipinski definition) is 0. The van der Waals surface area contributed by atoms with Crippen LogP contribution in [-0.2, 0) is 11.2 Å². The van der Waals surface area contributed by atoms with Gasteiger partial charge in [0.1, 0.15) is 11.9 Å². The molecule has 2 rings (SSSR count). The molecule has 1 aromatic rings. The second-order valence-corrected chi connectivity index (χ2v) is 3.92. The summed E-state index contributed by atoms with van der Waals surface area (Å²) in [6, 6.07) is 8.26. The SMILES string of the molecule is CCc1ccccc1OC1CCCOC1. The van der Waals surface area contributed by atoms with Crippen LogP contribution < -0.4 is 4.74 Å². The maximum atomic E-state index is 5.95. The van der Waals surface area contributed by atoms with E-state index in [2.05, 4.69) is 19.1 Å². The van der Waals surface area contributed by atoms with Gasteiger partial charge >= 0.3 is 0 Å². The third-order valence-electron chi connectivity index (χ3n) is 2.77. The van der Waals surface area contributed by atoms with E-state index in [-0.39, 0.29) is 6.10 Å². The van der Waals surface area contributed by atoms with Crippen LogP contribution in [0.5, 0.6) is 5.75 Å². The van der Waals surface area contributed by atoms with Crippen LogP contribution in [0.2, 0.25) is 0 Å². The molecular formula is C13H18O2. The quantitative estimate of drug-likeness (QED) is 0.757. The Hall–Kier alpha value is -1.02. The first-order valence-electron chi connectivity index (χ1n) is 5.72. The van der Waals surface area contributed by atoms with Crippen molar-refractivity contribution in [2.45, 2.75) is 32.3 Å². The van der Waals surface area contributed by atoms with Gasteiger partial charge in [-0.2, -0.15) is 0 Å². The molecule has 82 valence electrons. The molecule has 0 aliphatic carbocycles. The second kappa shape index (κ2) is 5.17. The third-order valence-corrected chi connectivity index (χ3v) is 2.77. The molecule has 0 amide bonds. The van der Waals surface area contributed by atoms with Crippen LogP contribution in [0.1, 0.15) is 25.3 Å². The normalized spacial score (nSPS) is 21.3. The summed E-state index contributed by atoms with van der Waals surface area (Å²) < 4.78 is 11.4. The molecule has 0 radical (unpaired) electrons. The van der Waals surface area contributed by atoms with Crippen molar-refractivity contribution in [3.05, 3.63) is 29.8 Å². The van der Waals surface area contributed by atoms with E-state index in [1.54, 1.807) is 0 Å². The molecule has 1 atom stereocenters. The highest BCUT2D eigenvalue weighted by Crippen LogP contribution is 2.22. The van der Waals surface area contributed by atoms with Gasteiger partial charge in [-0.3, -0.25) is 0 Å². The Morgan fingerprint density at radius 1 is 1.40 bits per heavy atom. The average molecular weight is 206 g/mol. The molecule has 0 saturated carbocycles. The molecule has 2 heteroatoms. The summed E-state index contributed by atoms with van der Waals surface area (Å²) in [6.45, 7) is 3.77. The van der Waals surface area contributed by atoms with E-state index >= 15 is 0 Å². The monoisotopic (exact) mass is 206 g/mol. The largest absolute Gasteiger partial charge is 0.488 e. The lowest BCUT2D eigenvalue weighted by molar-refractivity contribution is 0.00706. The lowest BCUT2D eigenvalue weighted by Gasteiger charge is -2.24. The average Bonchev–Trinajstić information content (AvgIpc) is 2.31. The van der Waals surface area contributed by atoms with E-state index in [0.29, 0.717) is 0 Å². The second-order valence-electron chi connectivity index (χ2n) is 3.92. The van der Waals surface area contributed by atoms with Crippen molar-refractivity contribution in [3.8, 4) is 5.75 Å². The maximum absolute atomic E-state index is 5.95. The van der Waals surface area contributed by atoms with E-state index in [1.165, 1.54) is 5.56 Å². The minimum Gasteiger partial charge on any atom is -0.488 e.